The number of aromatic nitrogens is 1. The molecule has 0 radical (unpaired) electrons. The van der Waals surface area contributed by atoms with E-state index in [0.29, 0.717) is 6.61 Å². The highest BCUT2D eigenvalue weighted by Gasteiger charge is 2.09. The van der Waals surface area contributed by atoms with Crippen molar-refractivity contribution in [3.63, 3.8) is 0 Å². The molecule has 4 rings (SSSR count). The summed E-state index contributed by atoms with van der Waals surface area (Å²) in [5, 5.41) is 6.68. The second-order valence-corrected chi connectivity index (χ2v) is 7.07. The molecule has 140 valence electrons. The Labute approximate surface area is 170 Å². The highest BCUT2D eigenvalue weighted by molar-refractivity contribution is 6.30. The van der Waals surface area contributed by atoms with E-state index in [4.69, 9.17) is 16.3 Å². The van der Waals surface area contributed by atoms with Gasteiger partial charge in [-0.3, -0.25) is 4.98 Å². The Bertz CT molecular complexity index is 1050. The molecule has 0 atom stereocenters. The number of fused-ring (bicyclic) bond motifs is 1. The molecule has 0 saturated carbocycles. The summed E-state index contributed by atoms with van der Waals surface area (Å²) < 4.78 is 6.18. The summed E-state index contributed by atoms with van der Waals surface area (Å²) in [6.07, 6.45) is 3.63. The number of rotatable bonds is 7. The summed E-state index contributed by atoms with van der Waals surface area (Å²) in [6, 6.07) is 24.4. The lowest BCUT2D eigenvalue weighted by atomic mass is 10.0. The minimum absolute atomic E-state index is 0.507. The topological polar surface area (TPSA) is 34.1 Å². The molecule has 0 unspecified atom stereocenters. The van der Waals surface area contributed by atoms with Crippen molar-refractivity contribution in [3.8, 4) is 5.75 Å². The molecule has 0 bridgehead atoms. The van der Waals surface area contributed by atoms with Crippen LogP contribution >= 0.6 is 11.6 Å². The molecular weight excluding hydrogens is 368 g/mol. The maximum absolute atomic E-state index is 6.18. The van der Waals surface area contributed by atoms with Gasteiger partial charge in [0.25, 0.3) is 0 Å². The molecule has 4 heteroatoms. The van der Waals surface area contributed by atoms with Gasteiger partial charge in [0.1, 0.15) is 12.4 Å². The lowest BCUT2D eigenvalue weighted by molar-refractivity contribution is 0.302. The number of nitrogens with one attached hydrogen (secondary N) is 1. The maximum Gasteiger partial charge on any atom is 0.124 e. The Morgan fingerprint density at radius 2 is 1.57 bits per heavy atom. The van der Waals surface area contributed by atoms with Crippen LogP contribution in [0.2, 0.25) is 5.02 Å². The molecule has 1 aromatic heterocycles. The number of halogens is 1. The van der Waals surface area contributed by atoms with Gasteiger partial charge in [-0.2, -0.15) is 0 Å². The van der Waals surface area contributed by atoms with E-state index in [1.807, 2.05) is 48.8 Å². The fraction of sp³-hybridized carbons (Fsp3) is 0.125. The van der Waals surface area contributed by atoms with E-state index < -0.39 is 0 Å². The molecule has 3 aromatic carbocycles. The van der Waals surface area contributed by atoms with Crippen molar-refractivity contribution in [1.82, 2.24) is 10.3 Å². The monoisotopic (exact) mass is 388 g/mol. The zero-order chi connectivity index (χ0) is 19.2. The molecule has 0 aliphatic carbocycles. The second kappa shape index (κ2) is 8.87. The predicted molar refractivity (Wildman–Crippen MR) is 115 cm³/mol. The van der Waals surface area contributed by atoms with Crippen molar-refractivity contribution >= 4 is 22.4 Å². The van der Waals surface area contributed by atoms with Crippen molar-refractivity contribution in [2.45, 2.75) is 19.7 Å². The smallest absolute Gasteiger partial charge is 0.124 e. The molecule has 0 amide bonds. The Kier molecular flexibility index (Phi) is 5.86. The van der Waals surface area contributed by atoms with Crippen molar-refractivity contribution in [2.24, 2.45) is 0 Å². The highest BCUT2D eigenvalue weighted by atomic mass is 35.5. The SMILES string of the molecule is Clc1ccc(COc2ccc3ccccc3c2CNCc2ccncc2)cc1. The summed E-state index contributed by atoms with van der Waals surface area (Å²) in [5.41, 5.74) is 3.47. The number of ether oxygens (including phenoxy) is 1. The van der Waals surface area contributed by atoms with E-state index in [1.165, 1.54) is 21.9 Å². The van der Waals surface area contributed by atoms with Crippen LogP contribution in [0.25, 0.3) is 10.8 Å². The van der Waals surface area contributed by atoms with Crippen LogP contribution in [0.3, 0.4) is 0 Å². The normalized spacial score (nSPS) is 10.9. The summed E-state index contributed by atoms with van der Waals surface area (Å²) >= 11 is 5.97. The first kappa shape index (κ1) is 18.5. The average molecular weight is 389 g/mol. The Morgan fingerprint density at radius 3 is 2.39 bits per heavy atom. The van der Waals surface area contributed by atoms with Gasteiger partial charge < -0.3 is 10.1 Å². The van der Waals surface area contributed by atoms with E-state index in [2.05, 4.69) is 46.7 Å². The van der Waals surface area contributed by atoms with Crippen LogP contribution in [-0.4, -0.2) is 4.98 Å². The lowest BCUT2D eigenvalue weighted by Crippen LogP contribution is -2.14. The third kappa shape index (κ3) is 4.50. The average Bonchev–Trinajstić information content (AvgIpc) is 2.75. The highest BCUT2D eigenvalue weighted by Crippen LogP contribution is 2.29. The molecular formula is C24H21ClN2O. The summed E-state index contributed by atoms with van der Waals surface area (Å²) in [4.78, 5) is 4.07. The van der Waals surface area contributed by atoms with Gasteiger partial charge in [-0.05, 0) is 52.2 Å². The molecule has 3 nitrogen and oxygen atoms in total. The van der Waals surface area contributed by atoms with Crippen LogP contribution in [0.1, 0.15) is 16.7 Å². The maximum atomic E-state index is 6.18. The van der Waals surface area contributed by atoms with Gasteiger partial charge in [-0.25, -0.2) is 0 Å². The number of benzene rings is 3. The predicted octanol–water partition coefficient (Wildman–Crippen LogP) is 5.76. The molecule has 0 saturated heterocycles. The molecule has 28 heavy (non-hydrogen) atoms. The first-order chi connectivity index (χ1) is 13.8. The molecule has 0 fully saturated rings. The molecule has 0 aliphatic rings. The first-order valence-corrected chi connectivity index (χ1v) is 9.65. The van der Waals surface area contributed by atoms with Gasteiger partial charge in [0.05, 0.1) is 0 Å². The first-order valence-electron chi connectivity index (χ1n) is 9.27. The Balaban J connectivity index is 1.54. The zero-order valence-electron chi connectivity index (χ0n) is 15.4. The van der Waals surface area contributed by atoms with Gasteiger partial charge in [-0.15, -0.1) is 0 Å². The summed E-state index contributed by atoms with van der Waals surface area (Å²) in [7, 11) is 0. The molecule has 0 aliphatic heterocycles. The van der Waals surface area contributed by atoms with E-state index in [1.54, 1.807) is 0 Å². The third-order valence-corrected chi connectivity index (χ3v) is 4.94. The molecule has 4 aromatic rings. The Hall–Kier alpha value is -2.88. The molecule has 1 N–H and O–H groups in total. The van der Waals surface area contributed by atoms with Gasteiger partial charge in [0.15, 0.2) is 0 Å². The van der Waals surface area contributed by atoms with Crippen molar-refractivity contribution in [1.29, 1.82) is 0 Å². The van der Waals surface area contributed by atoms with Gasteiger partial charge in [0.2, 0.25) is 0 Å². The van der Waals surface area contributed by atoms with Crippen molar-refractivity contribution in [2.75, 3.05) is 0 Å². The van der Waals surface area contributed by atoms with Crippen molar-refractivity contribution in [3.05, 3.63) is 107 Å². The fourth-order valence-electron chi connectivity index (χ4n) is 3.21. The third-order valence-electron chi connectivity index (χ3n) is 4.69. The van der Waals surface area contributed by atoms with Crippen LogP contribution in [-0.2, 0) is 19.7 Å². The van der Waals surface area contributed by atoms with Crippen LogP contribution in [0.4, 0.5) is 0 Å². The number of pyridine rings is 1. The minimum atomic E-state index is 0.507. The zero-order valence-corrected chi connectivity index (χ0v) is 16.2. The van der Waals surface area contributed by atoms with Crippen molar-refractivity contribution < 1.29 is 4.74 Å². The lowest BCUT2D eigenvalue weighted by Gasteiger charge is -2.15. The number of hydrogen-bond donors (Lipinski definition) is 1. The quantitative estimate of drug-likeness (QED) is 0.437. The van der Waals surface area contributed by atoms with E-state index >= 15 is 0 Å². The van der Waals surface area contributed by atoms with Crippen LogP contribution < -0.4 is 10.1 Å². The van der Waals surface area contributed by atoms with Gasteiger partial charge in [0, 0.05) is 36.1 Å². The fourth-order valence-corrected chi connectivity index (χ4v) is 3.33. The minimum Gasteiger partial charge on any atom is -0.489 e. The van der Waals surface area contributed by atoms with Crippen LogP contribution in [0, 0.1) is 0 Å². The van der Waals surface area contributed by atoms with Gasteiger partial charge in [-0.1, -0.05) is 54.1 Å². The number of nitrogens with zero attached hydrogens (tertiary/aromatic N) is 1. The summed E-state index contributed by atoms with van der Waals surface area (Å²) in [6.45, 7) is 2.01. The van der Waals surface area contributed by atoms with E-state index in [9.17, 15) is 0 Å². The Morgan fingerprint density at radius 1 is 0.786 bits per heavy atom. The standard InChI is InChI=1S/C24H21ClN2O/c25-21-8-5-19(6-9-21)17-28-24-10-7-20-3-1-2-4-22(20)23(24)16-27-15-18-11-13-26-14-12-18/h1-14,27H,15-17H2. The molecule has 0 spiro atoms. The van der Waals surface area contributed by atoms with Gasteiger partial charge >= 0.3 is 0 Å². The number of hydrogen-bond acceptors (Lipinski definition) is 3. The van der Waals surface area contributed by atoms with E-state index in [-0.39, 0.29) is 0 Å². The summed E-state index contributed by atoms with van der Waals surface area (Å²) in [5.74, 6) is 0.899. The van der Waals surface area contributed by atoms with E-state index in [0.717, 1.165) is 29.4 Å². The second-order valence-electron chi connectivity index (χ2n) is 6.64. The molecule has 1 heterocycles. The largest absolute Gasteiger partial charge is 0.489 e. The van der Waals surface area contributed by atoms with Crippen LogP contribution in [0.15, 0.2) is 85.2 Å². The van der Waals surface area contributed by atoms with Crippen LogP contribution in [0.5, 0.6) is 5.75 Å².